The first-order valence-corrected chi connectivity index (χ1v) is 7.63. The Labute approximate surface area is 105 Å². The number of ketones is 1. The zero-order chi connectivity index (χ0) is 14.0. The number of halogens is 3. The molecule has 0 saturated heterocycles. The molecule has 1 saturated carbocycles. The van der Waals surface area contributed by atoms with E-state index in [4.69, 9.17) is 0 Å². The Kier molecular flexibility index (Phi) is 4.80. The van der Waals surface area contributed by atoms with Crippen molar-refractivity contribution in [1.29, 1.82) is 0 Å². The lowest BCUT2D eigenvalue weighted by Gasteiger charge is -2.29. The summed E-state index contributed by atoms with van der Waals surface area (Å²) >= 11 is 0. The predicted molar refractivity (Wildman–Crippen MR) is 60.6 cm³/mol. The van der Waals surface area contributed by atoms with Gasteiger partial charge in [0.2, 0.25) is 9.84 Å². The van der Waals surface area contributed by atoms with Gasteiger partial charge >= 0.3 is 5.51 Å². The Morgan fingerprint density at radius 1 is 1.28 bits per heavy atom. The van der Waals surface area contributed by atoms with Gasteiger partial charge in [0.15, 0.2) is 0 Å². The summed E-state index contributed by atoms with van der Waals surface area (Å²) in [6.45, 7) is 1.69. The summed E-state index contributed by atoms with van der Waals surface area (Å²) in [5.74, 6) is -1.35. The van der Waals surface area contributed by atoms with Crippen molar-refractivity contribution in [3.05, 3.63) is 0 Å². The fourth-order valence-corrected chi connectivity index (χ4v) is 3.66. The zero-order valence-electron chi connectivity index (χ0n) is 10.2. The van der Waals surface area contributed by atoms with Crippen LogP contribution in [-0.4, -0.2) is 25.5 Å². The van der Waals surface area contributed by atoms with E-state index in [9.17, 15) is 26.4 Å². The fourth-order valence-electron chi connectivity index (χ4n) is 2.40. The lowest BCUT2D eigenvalue weighted by atomic mass is 9.79. The summed E-state index contributed by atoms with van der Waals surface area (Å²) in [7, 11) is -5.06. The Bertz CT molecular complexity index is 390. The maximum absolute atomic E-state index is 12.3. The third-order valence-corrected chi connectivity index (χ3v) is 5.14. The number of alkyl halides is 3. The highest BCUT2D eigenvalue weighted by Crippen LogP contribution is 2.34. The third-order valence-electron chi connectivity index (χ3n) is 3.57. The molecule has 18 heavy (non-hydrogen) atoms. The second-order valence-corrected chi connectivity index (χ2v) is 6.80. The minimum atomic E-state index is -5.18. The number of sulfone groups is 1. The highest BCUT2D eigenvalue weighted by molar-refractivity contribution is 7.92. The van der Waals surface area contributed by atoms with Crippen LogP contribution in [0.4, 0.5) is 13.2 Å². The average molecular weight is 286 g/mol. The topological polar surface area (TPSA) is 51.2 Å². The smallest absolute Gasteiger partial charge is 0.300 e. The van der Waals surface area contributed by atoms with Crippen LogP contribution >= 0.6 is 0 Å². The molecule has 1 unspecified atom stereocenters. The quantitative estimate of drug-likeness (QED) is 0.798. The van der Waals surface area contributed by atoms with E-state index in [1.54, 1.807) is 6.92 Å². The first-order chi connectivity index (χ1) is 8.17. The molecule has 1 aliphatic carbocycles. The van der Waals surface area contributed by atoms with Gasteiger partial charge in [0, 0.05) is 12.8 Å². The van der Waals surface area contributed by atoms with Crippen molar-refractivity contribution >= 4 is 15.6 Å². The Morgan fingerprint density at radius 3 is 2.17 bits per heavy atom. The molecular formula is C11H17F3O3S. The van der Waals surface area contributed by atoms with Crippen molar-refractivity contribution < 1.29 is 26.4 Å². The molecule has 0 N–H and O–H groups in total. The van der Waals surface area contributed by atoms with Crippen LogP contribution in [0.2, 0.25) is 0 Å². The van der Waals surface area contributed by atoms with Crippen LogP contribution < -0.4 is 0 Å². The Hall–Kier alpha value is -0.590. The second kappa shape index (κ2) is 5.59. The van der Waals surface area contributed by atoms with E-state index < -0.39 is 27.0 Å². The van der Waals surface area contributed by atoms with Gasteiger partial charge in [0.25, 0.3) is 0 Å². The number of hydrogen-bond donors (Lipinski definition) is 0. The van der Waals surface area contributed by atoms with E-state index >= 15 is 0 Å². The summed E-state index contributed by atoms with van der Waals surface area (Å²) in [4.78, 5) is 11.1. The highest BCUT2D eigenvalue weighted by atomic mass is 32.2. The molecule has 0 aromatic carbocycles. The molecule has 0 bridgehead atoms. The predicted octanol–water partition coefficient (Wildman–Crippen LogP) is 2.71. The molecule has 1 rings (SSSR count). The van der Waals surface area contributed by atoms with Crippen molar-refractivity contribution in [3.8, 4) is 0 Å². The maximum atomic E-state index is 12.3. The maximum Gasteiger partial charge on any atom is 0.497 e. The normalized spacial score (nSPS) is 21.0. The molecule has 3 nitrogen and oxygen atoms in total. The number of Topliss-reactive ketones (excluding diaryl/α,β-unsaturated/α-hetero) is 1. The van der Waals surface area contributed by atoms with Crippen LogP contribution in [-0.2, 0) is 14.6 Å². The number of rotatable bonds is 4. The molecule has 0 aliphatic heterocycles. The molecule has 1 atom stereocenters. The standard InChI is InChI=1S/C11H17F3O3S/c1-2-8(7-18(16,17)11(12,13)14)9-3-5-10(15)6-4-9/h8-9H,2-7H2,1H3. The largest absolute Gasteiger partial charge is 0.497 e. The molecule has 0 heterocycles. The Balaban J connectivity index is 2.71. The van der Waals surface area contributed by atoms with Crippen molar-refractivity contribution in [2.45, 2.75) is 44.5 Å². The average Bonchev–Trinajstić information content (AvgIpc) is 2.25. The number of carbonyl (C=O) groups excluding carboxylic acids is 1. The van der Waals surface area contributed by atoms with Gasteiger partial charge < -0.3 is 0 Å². The van der Waals surface area contributed by atoms with Crippen LogP contribution in [0, 0.1) is 11.8 Å². The molecule has 0 spiro atoms. The van der Waals surface area contributed by atoms with E-state index in [1.807, 2.05) is 0 Å². The minimum Gasteiger partial charge on any atom is -0.300 e. The monoisotopic (exact) mass is 286 g/mol. The molecule has 1 aliphatic rings. The van der Waals surface area contributed by atoms with E-state index in [0.29, 0.717) is 32.1 Å². The lowest BCUT2D eigenvalue weighted by Crippen LogP contribution is -2.33. The summed E-state index contributed by atoms with van der Waals surface area (Å²) in [6, 6.07) is 0. The SMILES string of the molecule is CCC(CS(=O)(=O)C(F)(F)F)C1CCC(=O)CC1. The summed E-state index contributed by atoms with van der Waals surface area (Å²) in [5.41, 5.74) is -5.18. The van der Waals surface area contributed by atoms with Gasteiger partial charge in [-0.05, 0) is 24.7 Å². The molecule has 0 aromatic heterocycles. The van der Waals surface area contributed by atoms with Gasteiger partial charge in [-0.15, -0.1) is 0 Å². The van der Waals surface area contributed by atoms with Crippen LogP contribution in [0.1, 0.15) is 39.0 Å². The molecule has 0 aromatic rings. The van der Waals surface area contributed by atoms with E-state index in [-0.39, 0.29) is 11.7 Å². The van der Waals surface area contributed by atoms with Gasteiger partial charge in [-0.25, -0.2) is 8.42 Å². The fraction of sp³-hybridized carbons (Fsp3) is 0.909. The van der Waals surface area contributed by atoms with Crippen LogP contribution in [0.25, 0.3) is 0 Å². The molecule has 0 radical (unpaired) electrons. The zero-order valence-corrected chi connectivity index (χ0v) is 11.0. The van der Waals surface area contributed by atoms with Crippen LogP contribution in [0.3, 0.4) is 0 Å². The van der Waals surface area contributed by atoms with Crippen molar-refractivity contribution in [2.24, 2.45) is 11.8 Å². The highest BCUT2D eigenvalue weighted by Gasteiger charge is 2.47. The lowest BCUT2D eigenvalue weighted by molar-refractivity contribution is -0.121. The molecule has 7 heteroatoms. The van der Waals surface area contributed by atoms with E-state index in [2.05, 4.69) is 0 Å². The first-order valence-electron chi connectivity index (χ1n) is 5.98. The van der Waals surface area contributed by atoms with Gasteiger partial charge in [0.1, 0.15) is 5.78 Å². The molecule has 106 valence electrons. The van der Waals surface area contributed by atoms with Crippen LogP contribution in [0.5, 0.6) is 0 Å². The molecular weight excluding hydrogens is 269 g/mol. The van der Waals surface area contributed by atoms with Gasteiger partial charge in [-0.1, -0.05) is 13.3 Å². The van der Waals surface area contributed by atoms with Crippen molar-refractivity contribution in [3.63, 3.8) is 0 Å². The van der Waals surface area contributed by atoms with Gasteiger partial charge in [-0.2, -0.15) is 13.2 Å². The summed E-state index contributed by atoms with van der Waals surface area (Å²) < 4.78 is 59.2. The van der Waals surface area contributed by atoms with Crippen molar-refractivity contribution in [1.82, 2.24) is 0 Å². The van der Waals surface area contributed by atoms with Crippen molar-refractivity contribution in [2.75, 3.05) is 5.75 Å². The first kappa shape index (κ1) is 15.5. The van der Waals surface area contributed by atoms with Crippen LogP contribution in [0.15, 0.2) is 0 Å². The number of carbonyl (C=O) groups is 1. The second-order valence-electron chi connectivity index (χ2n) is 4.77. The van der Waals surface area contributed by atoms with E-state index in [0.717, 1.165) is 0 Å². The number of hydrogen-bond acceptors (Lipinski definition) is 3. The van der Waals surface area contributed by atoms with Gasteiger partial charge in [0.05, 0.1) is 5.75 Å². The molecule has 1 fully saturated rings. The third kappa shape index (κ3) is 3.70. The van der Waals surface area contributed by atoms with Gasteiger partial charge in [-0.3, -0.25) is 4.79 Å². The minimum absolute atomic E-state index is 0.0928. The molecule has 0 amide bonds. The summed E-state index contributed by atoms with van der Waals surface area (Å²) in [5, 5.41) is 0. The Morgan fingerprint density at radius 2 is 1.78 bits per heavy atom. The van der Waals surface area contributed by atoms with E-state index in [1.165, 1.54) is 0 Å². The summed E-state index contributed by atoms with van der Waals surface area (Å²) in [6.07, 6.45) is 2.10.